The lowest BCUT2D eigenvalue weighted by Crippen LogP contribution is -2.18. The molecule has 0 nitrogen and oxygen atoms in total. The maximum atomic E-state index is 2.45. The van der Waals surface area contributed by atoms with Crippen molar-refractivity contribution in [2.75, 3.05) is 0 Å². The third-order valence-corrected chi connectivity index (χ3v) is 6.36. The van der Waals surface area contributed by atoms with E-state index in [2.05, 4.69) is 104 Å². The highest BCUT2D eigenvalue weighted by atomic mass is 14.4. The largest absolute Gasteiger partial charge is 0.0579 e. The summed E-state index contributed by atoms with van der Waals surface area (Å²) in [7, 11) is 0. The van der Waals surface area contributed by atoms with Gasteiger partial charge in [-0.15, -0.1) is 0 Å². The molecular formula is C27H32. The molecule has 0 unspecified atom stereocenters. The zero-order chi connectivity index (χ0) is 19.8. The van der Waals surface area contributed by atoms with Crippen molar-refractivity contribution in [2.45, 2.75) is 71.6 Å². The molecular weight excluding hydrogens is 324 g/mol. The standard InChI is InChI=1S/C27H32/c1-25(2,3)18-10-13-20-17(15-18)9-12-22-21-14-11-19(26(4,5)6)16-23(21)27(7,8)24(20)22/h9-16H,1-8H3. The molecule has 0 fully saturated rings. The fourth-order valence-corrected chi connectivity index (χ4v) is 4.59. The predicted molar refractivity (Wildman–Crippen MR) is 119 cm³/mol. The third kappa shape index (κ3) is 2.73. The maximum absolute atomic E-state index is 2.45. The number of fused-ring (bicyclic) bond motifs is 5. The molecule has 4 rings (SSSR count). The van der Waals surface area contributed by atoms with E-state index >= 15 is 0 Å². The summed E-state index contributed by atoms with van der Waals surface area (Å²) in [4.78, 5) is 0. The predicted octanol–water partition coefficient (Wildman–Crippen LogP) is 7.74. The van der Waals surface area contributed by atoms with Crippen LogP contribution in [0.25, 0.3) is 21.9 Å². The first kappa shape index (κ1) is 18.3. The Kier molecular flexibility index (Phi) is 3.71. The Hall–Kier alpha value is -2.08. The summed E-state index contributed by atoms with van der Waals surface area (Å²) in [6, 6.07) is 18.8. The van der Waals surface area contributed by atoms with Crippen molar-refractivity contribution in [3.63, 3.8) is 0 Å². The maximum Gasteiger partial charge on any atom is 0.0165 e. The second-order valence-electron chi connectivity index (χ2n) is 10.8. The Balaban J connectivity index is 1.98. The summed E-state index contributed by atoms with van der Waals surface area (Å²) in [6.45, 7) is 18.5. The fraction of sp³-hybridized carbons (Fsp3) is 0.407. The quantitative estimate of drug-likeness (QED) is 0.386. The molecule has 0 amide bonds. The second kappa shape index (κ2) is 5.47. The molecule has 3 aromatic carbocycles. The van der Waals surface area contributed by atoms with E-state index < -0.39 is 0 Å². The van der Waals surface area contributed by atoms with Crippen molar-refractivity contribution in [2.24, 2.45) is 0 Å². The molecule has 0 bridgehead atoms. The number of hydrogen-bond donors (Lipinski definition) is 0. The van der Waals surface area contributed by atoms with Gasteiger partial charge in [0.05, 0.1) is 0 Å². The molecule has 0 atom stereocenters. The van der Waals surface area contributed by atoms with Gasteiger partial charge in [-0.2, -0.15) is 0 Å². The lowest BCUT2D eigenvalue weighted by Gasteiger charge is -2.26. The normalized spacial score (nSPS) is 15.7. The zero-order valence-electron chi connectivity index (χ0n) is 18.1. The summed E-state index contributed by atoms with van der Waals surface area (Å²) >= 11 is 0. The van der Waals surface area contributed by atoms with Crippen molar-refractivity contribution in [1.82, 2.24) is 0 Å². The fourth-order valence-electron chi connectivity index (χ4n) is 4.59. The van der Waals surface area contributed by atoms with Crippen molar-refractivity contribution in [1.29, 1.82) is 0 Å². The molecule has 27 heavy (non-hydrogen) atoms. The smallest absolute Gasteiger partial charge is 0.0165 e. The van der Waals surface area contributed by atoms with Crippen LogP contribution in [-0.4, -0.2) is 0 Å². The minimum Gasteiger partial charge on any atom is -0.0579 e. The van der Waals surface area contributed by atoms with E-state index in [-0.39, 0.29) is 16.2 Å². The van der Waals surface area contributed by atoms with E-state index in [1.165, 1.54) is 44.2 Å². The van der Waals surface area contributed by atoms with Crippen LogP contribution in [0, 0.1) is 0 Å². The summed E-state index contributed by atoms with van der Waals surface area (Å²) in [6.07, 6.45) is 0. The van der Waals surface area contributed by atoms with Crippen LogP contribution in [-0.2, 0) is 16.2 Å². The van der Waals surface area contributed by atoms with Crippen LogP contribution < -0.4 is 0 Å². The number of hydrogen-bond acceptors (Lipinski definition) is 0. The molecule has 0 saturated carbocycles. The van der Waals surface area contributed by atoms with Gasteiger partial charge < -0.3 is 0 Å². The van der Waals surface area contributed by atoms with Crippen molar-refractivity contribution >= 4 is 10.8 Å². The van der Waals surface area contributed by atoms with Gasteiger partial charge in [-0.05, 0) is 55.0 Å². The molecule has 0 spiro atoms. The Morgan fingerprint density at radius 3 is 1.81 bits per heavy atom. The average molecular weight is 357 g/mol. The van der Waals surface area contributed by atoms with Crippen LogP contribution in [0.2, 0.25) is 0 Å². The van der Waals surface area contributed by atoms with E-state index in [9.17, 15) is 0 Å². The zero-order valence-corrected chi connectivity index (χ0v) is 18.1. The van der Waals surface area contributed by atoms with Gasteiger partial charge in [0.2, 0.25) is 0 Å². The molecule has 0 heteroatoms. The van der Waals surface area contributed by atoms with Crippen LogP contribution in [0.1, 0.15) is 77.6 Å². The third-order valence-electron chi connectivity index (χ3n) is 6.36. The Morgan fingerprint density at radius 1 is 0.630 bits per heavy atom. The minimum absolute atomic E-state index is 0.0225. The van der Waals surface area contributed by atoms with Crippen molar-refractivity contribution in [3.8, 4) is 11.1 Å². The number of rotatable bonds is 0. The minimum atomic E-state index is 0.0225. The molecule has 1 aliphatic carbocycles. The lowest BCUT2D eigenvalue weighted by atomic mass is 9.77. The van der Waals surface area contributed by atoms with Gasteiger partial charge >= 0.3 is 0 Å². The van der Waals surface area contributed by atoms with Gasteiger partial charge in [-0.25, -0.2) is 0 Å². The molecule has 0 aromatic heterocycles. The Bertz CT molecular complexity index is 1050. The molecule has 0 radical (unpaired) electrons. The summed E-state index contributed by atoms with van der Waals surface area (Å²) < 4.78 is 0. The topological polar surface area (TPSA) is 0 Å². The molecule has 140 valence electrons. The van der Waals surface area contributed by atoms with Gasteiger partial charge in [0.15, 0.2) is 0 Å². The van der Waals surface area contributed by atoms with Gasteiger partial charge in [-0.1, -0.05) is 104 Å². The van der Waals surface area contributed by atoms with Gasteiger partial charge in [0.25, 0.3) is 0 Å². The monoisotopic (exact) mass is 356 g/mol. The first-order valence-corrected chi connectivity index (χ1v) is 10.1. The van der Waals surface area contributed by atoms with Crippen LogP contribution >= 0.6 is 0 Å². The molecule has 0 N–H and O–H groups in total. The summed E-state index contributed by atoms with van der Waals surface area (Å²) in [5, 5.41) is 2.76. The van der Waals surface area contributed by atoms with E-state index in [1.54, 1.807) is 0 Å². The van der Waals surface area contributed by atoms with E-state index in [1.807, 2.05) is 0 Å². The van der Waals surface area contributed by atoms with Crippen LogP contribution in [0.3, 0.4) is 0 Å². The van der Waals surface area contributed by atoms with Crippen molar-refractivity contribution in [3.05, 3.63) is 70.8 Å². The lowest BCUT2D eigenvalue weighted by molar-refractivity contribution is 0.585. The van der Waals surface area contributed by atoms with Crippen LogP contribution in [0.15, 0.2) is 48.5 Å². The SMILES string of the molecule is CC(C)(C)c1ccc2c(c1)C(C)(C)c1c-2ccc2cc(C(C)(C)C)ccc12. The molecule has 0 heterocycles. The Morgan fingerprint density at radius 2 is 1.19 bits per heavy atom. The molecule has 3 aromatic rings. The van der Waals surface area contributed by atoms with E-state index in [4.69, 9.17) is 0 Å². The second-order valence-corrected chi connectivity index (χ2v) is 10.8. The van der Waals surface area contributed by atoms with Gasteiger partial charge in [0.1, 0.15) is 0 Å². The molecule has 0 aliphatic heterocycles. The van der Waals surface area contributed by atoms with E-state index in [0.29, 0.717) is 0 Å². The average Bonchev–Trinajstić information content (AvgIpc) is 2.80. The van der Waals surface area contributed by atoms with Crippen LogP contribution in [0.4, 0.5) is 0 Å². The highest BCUT2D eigenvalue weighted by molar-refractivity contribution is 5.97. The summed E-state index contributed by atoms with van der Waals surface area (Å²) in [5.74, 6) is 0. The highest BCUT2D eigenvalue weighted by Crippen LogP contribution is 2.52. The summed E-state index contributed by atoms with van der Waals surface area (Å²) in [5.41, 5.74) is 8.96. The first-order valence-electron chi connectivity index (χ1n) is 10.1. The van der Waals surface area contributed by atoms with Gasteiger partial charge in [0, 0.05) is 5.41 Å². The number of benzene rings is 3. The Labute approximate surface area is 164 Å². The van der Waals surface area contributed by atoms with Crippen molar-refractivity contribution < 1.29 is 0 Å². The molecule has 1 aliphatic rings. The highest BCUT2D eigenvalue weighted by Gasteiger charge is 2.37. The van der Waals surface area contributed by atoms with Crippen LogP contribution in [0.5, 0.6) is 0 Å². The van der Waals surface area contributed by atoms with E-state index in [0.717, 1.165) is 0 Å². The van der Waals surface area contributed by atoms with Gasteiger partial charge in [-0.3, -0.25) is 0 Å². The molecule has 0 saturated heterocycles. The first-order chi connectivity index (χ1) is 12.4.